The zero-order valence-electron chi connectivity index (χ0n) is 12.5. The van der Waals surface area contributed by atoms with Crippen molar-refractivity contribution in [3.63, 3.8) is 0 Å². The fourth-order valence-corrected chi connectivity index (χ4v) is 1.40. The van der Waals surface area contributed by atoms with Crippen LogP contribution >= 0.6 is 0 Å². The van der Waals surface area contributed by atoms with E-state index in [0.717, 1.165) is 0 Å². The lowest BCUT2D eigenvalue weighted by Crippen LogP contribution is -2.33. The molecule has 0 heterocycles. The Morgan fingerprint density at radius 2 is 1.95 bits per heavy atom. The molecule has 9 nitrogen and oxygen atoms in total. The first-order chi connectivity index (χ1) is 9.56. The lowest BCUT2D eigenvalue weighted by molar-refractivity contribution is -0.767. The maximum Gasteiger partial charge on any atom is 0.441 e. The molecule has 0 aromatic heterocycles. The second-order valence-electron chi connectivity index (χ2n) is 5.41. The molecule has 0 N–H and O–H groups in total. The summed E-state index contributed by atoms with van der Waals surface area (Å²) in [7, 11) is 0. The average Bonchev–Trinajstić information content (AvgIpc) is 2.25. The van der Waals surface area contributed by atoms with Gasteiger partial charge in [0.25, 0.3) is 10.9 Å². The number of nitrogens with zero attached hydrogens (tertiary/aromatic N) is 3. The Balaban J connectivity index is 4.40. The van der Waals surface area contributed by atoms with Gasteiger partial charge in [0.05, 0.1) is 0 Å². The molecule has 0 aliphatic carbocycles. The highest BCUT2D eigenvalue weighted by molar-refractivity contribution is 6.62. The van der Waals surface area contributed by atoms with Crippen LogP contribution in [0.2, 0.25) is 0 Å². The standard InChI is InChI=1S/C12H19N3O6/c1-8(21-15(18)19)6-5-7-9(16)10(14-13)11(17)20-12(2,3)4/h8H,5-7H2,1-4H3/t8-/m0/s1. The number of hydrogen-bond donors (Lipinski definition) is 0. The lowest BCUT2D eigenvalue weighted by atomic mass is 10.1. The molecule has 0 aliphatic heterocycles. The fourth-order valence-electron chi connectivity index (χ4n) is 1.40. The van der Waals surface area contributed by atoms with E-state index in [2.05, 4.69) is 9.63 Å². The molecule has 9 heteroatoms. The van der Waals surface area contributed by atoms with Gasteiger partial charge >= 0.3 is 11.7 Å². The van der Waals surface area contributed by atoms with Crippen LogP contribution in [0, 0.1) is 10.1 Å². The van der Waals surface area contributed by atoms with Crippen molar-refractivity contribution in [2.45, 2.75) is 58.7 Å². The summed E-state index contributed by atoms with van der Waals surface area (Å²) >= 11 is 0. The van der Waals surface area contributed by atoms with Crippen LogP contribution in [0.15, 0.2) is 0 Å². The number of rotatable bonds is 8. The minimum atomic E-state index is -1.01. The number of esters is 1. The summed E-state index contributed by atoms with van der Waals surface area (Å²) in [6, 6.07) is 0. The minimum absolute atomic E-state index is 0.107. The third-order valence-electron chi connectivity index (χ3n) is 2.24. The molecule has 0 aromatic rings. The van der Waals surface area contributed by atoms with E-state index in [0.29, 0.717) is 0 Å². The summed E-state index contributed by atoms with van der Waals surface area (Å²) in [5, 5.41) is 9.18. The van der Waals surface area contributed by atoms with Gasteiger partial charge in [-0.2, -0.15) is 4.79 Å². The molecule has 0 saturated heterocycles. The predicted octanol–water partition coefficient (Wildman–Crippen LogP) is 1.34. The zero-order valence-corrected chi connectivity index (χ0v) is 12.5. The molecule has 0 radical (unpaired) electrons. The monoisotopic (exact) mass is 301 g/mol. The maximum atomic E-state index is 11.7. The molecule has 0 bridgehead atoms. The first-order valence-electron chi connectivity index (χ1n) is 6.36. The van der Waals surface area contributed by atoms with Crippen LogP contribution < -0.4 is 0 Å². The van der Waals surface area contributed by atoms with Gasteiger partial charge in [0.15, 0.2) is 0 Å². The van der Waals surface area contributed by atoms with Gasteiger partial charge < -0.3 is 15.1 Å². The van der Waals surface area contributed by atoms with Gasteiger partial charge in [0.1, 0.15) is 11.7 Å². The molecule has 0 fully saturated rings. The van der Waals surface area contributed by atoms with Crippen molar-refractivity contribution in [3.05, 3.63) is 15.6 Å². The number of carbonyl (C=O) groups excluding carboxylic acids is 2. The smallest absolute Gasteiger partial charge is 0.441 e. The molecule has 0 aliphatic rings. The third-order valence-corrected chi connectivity index (χ3v) is 2.24. The van der Waals surface area contributed by atoms with Crippen molar-refractivity contribution in [3.8, 4) is 0 Å². The molecular weight excluding hydrogens is 282 g/mol. The number of ketones is 1. The van der Waals surface area contributed by atoms with Crippen molar-refractivity contribution < 1.29 is 29.0 Å². The Morgan fingerprint density at radius 1 is 1.38 bits per heavy atom. The number of carbonyl (C=O) groups is 2. The van der Waals surface area contributed by atoms with Crippen molar-refractivity contribution in [1.82, 2.24) is 0 Å². The Hall–Kier alpha value is -2.28. The largest absolute Gasteiger partial charge is 0.451 e. The van der Waals surface area contributed by atoms with E-state index in [1.54, 1.807) is 20.8 Å². The van der Waals surface area contributed by atoms with Gasteiger partial charge in [-0.15, -0.1) is 10.1 Å². The highest BCUT2D eigenvalue weighted by atomic mass is 17.0. The van der Waals surface area contributed by atoms with Crippen molar-refractivity contribution in [1.29, 1.82) is 0 Å². The molecule has 0 unspecified atom stereocenters. The Bertz CT molecular complexity index is 462. The Kier molecular flexibility index (Phi) is 7.23. The number of hydrogen-bond acceptors (Lipinski definition) is 6. The first kappa shape index (κ1) is 18.7. The molecule has 0 amide bonds. The molecule has 0 aromatic carbocycles. The van der Waals surface area contributed by atoms with Crippen LogP contribution in [0.3, 0.4) is 0 Å². The third kappa shape index (κ3) is 8.48. The molecule has 0 rings (SSSR count). The number of ether oxygens (including phenoxy) is 1. The van der Waals surface area contributed by atoms with Crippen LogP contribution in [-0.2, 0) is 19.2 Å². The summed E-state index contributed by atoms with van der Waals surface area (Å²) in [6.07, 6.45) is -0.275. The van der Waals surface area contributed by atoms with Gasteiger partial charge in [0.2, 0.25) is 0 Å². The van der Waals surface area contributed by atoms with E-state index in [1.807, 2.05) is 0 Å². The molecule has 0 saturated carbocycles. The van der Waals surface area contributed by atoms with E-state index in [-0.39, 0.29) is 19.3 Å². The van der Waals surface area contributed by atoms with Crippen LogP contribution in [0.5, 0.6) is 0 Å². The predicted molar refractivity (Wildman–Crippen MR) is 70.9 cm³/mol. The fraction of sp³-hybridized carbons (Fsp3) is 0.750. The maximum absolute atomic E-state index is 11.7. The highest BCUT2D eigenvalue weighted by Crippen LogP contribution is 2.09. The van der Waals surface area contributed by atoms with E-state index < -0.39 is 34.3 Å². The van der Waals surface area contributed by atoms with Gasteiger partial charge in [-0.25, -0.2) is 4.79 Å². The van der Waals surface area contributed by atoms with E-state index >= 15 is 0 Å². The van der Waals surface area contributed by atoms with Crippen molar-refractivity contribution >= 4 is 17.5 Å². The lowest BCUT2D eigenvalue weighted by Gasteiger charge is -2.17. The van der Waals surface area contributed by atoms with Gasteiger partial charge in [-0.1, -0.05) is 0 Å². The normalized spacial score (nSPS) is 12.0. The molecular formula is C12H19N3O6. The first-order valence-corrected chi connectivity index (χ1v) is 6.36. The average molecular weight is 301 g/mol. The summed E-state index contributed by atoms with van der Waals surface area (Å²) in [4.78, 5) is 40.4. The van der Waals surface area contributed by atoms with Crippen molar-refractivity contribution in [2.75, 3.05) is 0 Å². The van der Waals surface area contributed by atoms with E-state index in [1.165, 1.54) is 6.92 Å². The molecule has 0 spiro atoms. The summed E-state index contributed by atoms with van der Waals surface area (Å²) in [6.45, 7) is 6.32. The summed E-state index contributed by atoms with van der Waals surface area (Å²) in [5.74, 6) is -1.70. The Morgan fingerprint density at radius 3 is 2.38 bits per heavy atom. The summed E-state index contributed by atoms with van der Waals surface area (Å²) in [5.41, 5.74) is 7.24. The molecule has 1 atom stereocenters. The van der Waals surface area contributed by atoms with Crippen LogP contribution in [0.1, 0.15) is 47.0 Å². The van der Waals surface area contributed by atoms with E-state index in [4.69, 9.17) is 10.3 Å². The van der Waals surface area contributed by atoms with E-state index in [9.17, 15) is 19.7 Å². The van der Waals surface area contributed by atoms with Gasteiger partial charge in [-0.05, 0) is 40.5 Å². The second kappa shape index (κ2) is 8.11. The Labute approximate surface area is 121 Å². The molecule has 118 valence electrons. The molecule has 21 heavy (non-hydrogen) atoms. The second-order valence-corrected chi connectivity index (χ2v) is 5.41. The van der Waals surface area contributed by atoms with Crippen molar-refractivity contribution in [2.24, 2.45) is 0 Å². The topological polar surface area (TPSA) is 132 Å². The van der Waals surface area contributed by atoms with Gasteiger partial charge in [0, 0.05) is 6.42 Å². The van der Waals surface area contributed by atoms with Crippen LogP contribution in [0.4, 0.5) is 0 Å². The SMILES string of the molecule is C[C@@H](CCCC(=O)C(=[N+]=[N-])C(=O)OC(C)(C)C)O[N+](=O)[O-]. The minimum Gasteiger partial charge on any atom is -0.451 e. The highest BCUT2D eigenvalue weighted by Gasteiger charge is 2.33. The van der Waals surface area contributed by atoms with Gasteiger partial charge in [-0.3, -0.25) is 4.79 Å². The zero-order chi connectivity index (χ0) is 16.6. The number of Topliss-reactive ketones (excluding diaryl/α,β-unsaturated/α-hetero) is 1. The van der Waals surface area contributed by atoms with Crippen LogP contribution in [0.25, 0.3) is 5.53 Å². The summed E-state index contributed by atoms with van der Waals surface area (Å²) < 4.78 is 4.93. The van der Waals surface area contributed by atoms with Crippen LogP contribution in [-0.4, -0.2) is 39.0 Å². The quantitative estimate of drug-likeness (QED) is 0.126.